The van der Waals surface area contributed by atoms with Gasteiger partial charge in [-0.05, 0) is 63.6 Å². The number of benzene rings is 9. The molecule has 0 aliphatic heterocycles. The van der Waals surface area contributed by atoms with Gasteiger partial charge in [-0.3, -0.25) is 0 Å². The molecule has 2 heteroatoms. The number of rotatable bonds is 9. The van der Waals surface area contributed by atoms with E-state index in [1.54, 1.807) is 0 Å². The van der Waals surface area contributed by atoms with E-state index in [1.807, 2.05) is 30.3 Å². The zero-order valence-electron chi connectivity index (χ0n) is 35.5. The third-order valence-corrected chi connectivity index (χ3v) is 14.1. The van der Waals surface area contributed by atoms with Crippen molar-refractivity contribution in [2.45, 2.75) is 0 Å². The standard InChI is InChI=1S/C29H21.C26H21P.C7H5.W/c1-5-13-22(14-6-1)26-21-27(23-15-7-2-8-16-23)29(25-19-11-4-12-20-25)28(26)24-17-9-3-10-18-24;1-4-12-22(13-5-1)20-21-23-14-10-11-19-26(23)27(24-15-6-2-7-16-24)25-17-8-3-9-18-25;1-7-5-3-2-4-6-7;/h1-21H;1-21H;2-6H;/q;;;+1/b;21-20+;;. The Bertz CT molecular complexity index is 2660. The summed E-state index contributed by atoms with van der Waals surface area (Å²) in [6.07, 6.45) is 6.80. The molecule has 0 N–H and O–H groups in total. The van der Waals surface area contributed by atoms with Gasteiger partial charge in [0.05, 0.1) is 0 Å². The van der Waals surface area contributed by atoms with Crippen molar-refractivity contribution in [1.29, 1.82) is 0 Å². The van der Waals surface area contributed by atoms with Gasteiger partial charge in [0, 0.05) is 23.7 Å². The second-order valence-electron chi connectivity index (χ2n) is 15.0. The summed E-state index contributed by atoms with van der Waals surface area (Å²) in [4.78, 5) is 0. The molecule has 0 nitrogen and oxygen atoms in total. The van der Waals surface area contributed by atoms with Crippen LogP contribution in [0.3, 0.4) is 0 Å². The van der Waals surface area contributed by atoms with Crippen molar-refractivity contribution in [3.8, 4) is 4.20 Å². The van der Waals surface area contributed by atoms with Gasteiger partial charge < -0.3 is 0 Å². The minimum absolute atomic E-state index is 0.598. The van der Waals surface area contributed by atoms with Gasteiger partial charge in [0.1, 0.15) is 0 Å². The summed E-state index contributed by atoms with van der Waals surface area (Å²) in [5.41, 5.74) is 8.66. The first-order valence-corrected chi connectivity index (χ1v) is 24.3. The Morgan fingerprint density at radius 3 is 1.08 bits per heavy atom. The van der Waals surface area contributed by atoms with Gasteiger partial charge in [0.15, 0.2) is 0 Å². The molecule has 1 aliphatic carbocycles. The van der Waals surface area contributed by atoms with E-state index >= 15 is 0 Å². The first-order valence-electron chi connectivity index (χ1n) is 21.5. The van der Waals surface area contributed by atoms with Crippen molar-refractivity contribution in [3.63, 3.8) is 0 Å². The van der Waals surface area contributed by atoms with Crippen molar-refractivity contribution >= 4 is 36.0 Å². The minimum atomic E-state index is -0.598. The summed E-state index contributed by atoms with van der Waals surface area (Å²) >= 11 is 1.38. The van der Waals surface area contributed by atoms with Crippen LogP contribution in [0.4, 0.5) is 0 Å². The van der Waals surface area contributed by atoms with Gasteiger partial charge >= 0.3 is 59.3 Å². The fraction of sp³-hybridized carbons (Fsp3) is 0. The van der Waals surface area contributed by atoms with E-state index in [4.69, 9.17) is 0 Å². The Morgan fingerprint density at radius 2 is 0.672 bits per heavy atom. The third kappa shape index (κ3) is 11.6. The van der Waals surface area contributed by atoms with Gasteiger partial charge in [-0.1, -0.05) is 249 Å². The maximum absolute atomic E-state index is 3.11. The van der Waals surface area contributed by atoms with E-state index in [2.05, 4.69) is 259 Å². The van der Waals surface area contributed by atoms with Crippen LogP contribution in [0.25, 0.3) is 12.2 Å². The van der Waals surface area contributed by atoms with Crippen LogP contribution < -0.4 is 15.9 Å². The SMILES string of the molecule is C(=C\c1ccccc1P(c1ccccc1)c1ccccc1)/c1ccccc1.[CH]1[C](c2ccccc2)[C](c2ccccc2)[C](c2ccccc2)[C]1c1ccccc1.[W+]#[C]c1ccccc1. The second-order valence-corrected chi connectivity index (χ2v) is 17.9. The molecule has 0 bridgehead atoms. The van der Waals surface area contributed by atoms with E-state index < -0.39 is 7.92 Å². The molecule has 9 aromatic carbocycles. The van der Waals surface area contributed by atoms with Crippen LogP contribution in [0.15, 0.2) is 267 Å². The van der Waals surface area contributed by atoms with Gasteiger partial charge in [-0.2, -0.15) is 0 Å². The molecule has 0 unspecified atom stereocenters. The van der Waals surface area contributed by atoms with E-state index in [-0.39, 0.29) is 0 Å². The molecule has 10 rings (SSSR count). The Kier molecular flexibility index (Phi) is 16.1. The van der Waals surface area contributed by atoms with Crippen LogP contribution in [-0.2, 0) is 19.2 Å². The summed E-state index contributed by atoms with van der Waals surface area (Å²) in [5.74, 6) is 5.13. The monoisotopic (exact) mass is 1010 g/mol. The van der Waals surface area contributed by atoms with Crippen LogP contribution in [0, 0.1) is 34.3 Å². The van der Waals surface area contributed by atoms with Crippen LogP contribution in [0.1, 0.15) is 38.9 Å². The summed E-state index contributed by atoms with van der Waals surface area (Å²) < 4.78 is 3.11. The number of hydrogen-bond donors (Lipinski definition) is 0. The van der Waals surface area contributed by atoms with Crippen LogP contribution in [0.2, 0.25) is 0 Å². The molecule has 5 radical (unpaired) electrons. The molecule has 64 heavy (non-hydrogen) atoms. The zero-order chi connectivity index (χ0) is 43.6. The van der Waals surface area contributed by atoms with E-state index in [9.17, 15) is 0 Å². The van der Waals surface area contributed by atoms with Crippen molar-refractivity contribution in [2.75, 3.05) is 0 Å². The van der Waals surface area contributed by atoms with Crippen molar-refractivity contribution < 1.29 is 19.2 Å². The molecule has 0 spiro atoms. The van der Waals surface area contributed by atoms with Crippen molar-refractivity contribution in [2.24, 2.45) is 0 Å². The molecule has 0 aromatic heterocycles. The summed E-state index contributed by atoms with van der Waals surface area (Å²) in [7, 11) is -0.598. The fourth-order valence-corrected chi connectivity index (χ4v) is 10.7. The van der Waals surface area contributed by atoms with Gasteiger partial charge in [0.25, 0.3) is 0 Å². The summed E-state index contributed by atoms with van der Waals surface area (Å²) in [6.45, 7) is 0. The molecular formula is C62H47PW+. The normalized spacial score (nSPS) is 13.1. The maximum atomic E-state index is 3.11. The average Bonchev–Trinajstić information content (AvgIpc) is 3.80. The molecular weight excluding hydrogens is 959 g/mol. The predicted molar refractivity (Wildman–Crippen MR) is 269 cm³/mol. The molecule has 9 aromatic rings. The third-order valence-electron chi connectivity index (χ3n) is 10.7. The Balaban J connectivity index is 0.000000150. The van der Waals surface area contributed by atoms with E-state index in [0.29, 0.717) is 0 Å². The topological polar surface area (TPSA) is 0 Å². The van der Waals surface area contributed by atoms with Gasteiger partial charge in [-0.15, -0.1) is 0 Å². The average molecular weight is 1010 g/mol. The zero-order valence-corrected chi connectivity index (χ0v) is 39.3. The molecule has 0 saturated heterocycles. The van der Waals surface area contributed by atoms with Crippen LogP contribution in [0.5, 0.6) is 0 Å². The first-order chi connectivity index (χ1) is 31.8. The molecule has 1 fully saturated rings. The quantitative estimate of drug-likeness (QED) is 0.0998. The van der Waals surface area contributed by atoms with Gasteiger partial charge in [-0.25, -0.2) is 0 Å². The molecule has 1 saturated carbocycles. The summed E-state index contributed by atoms with van der Waals surface area (Å²) in [5, 5.41) is 4.13. The Morgan fingerprint density at radius 1 is 0.328 bits per heavy atom. The molecule has 305 valence electrons. The van der Waals surface area contributed by atoms with Crippen molar-refractivity contribution in [3.05, 3.63) is 336 Å². The van der Waals surface area contributed by atoms with E-state index in [0.717, 1.165) is 0 Å². The van der Waals surface area contributed by atoms with E-state index in [1.165, 1.54) is 97.7 Å². The van der Waals surface area contributed by atoms with Crippen LogP contribution >= 0.6 is 7.92 Å². The number of hydrogen-bond acceptors (Lipinski definition) is 0. The fourth-order valence-electron chi connectivity index (χ4n) is 7.73. The van der Waals surface area contributed by atoms with Gasteiger partial charge in [0.2, 0.25) is 0 Å². The Hall–Kier alpha value is -6.38. The molecule has 0 amide bonds. The molecule has 0 atom stereocenters. The first kappa shape index (κ1) is 44.2. The second kappa shape index (κ2) is 23.3. The van der Waals surface area contributed by atoms with Crippen molar-refractivity contribution in [1.82, 2.24) is 0 Å². The Labute approximate surface area is 392 Å². The molecule has 0 heterocycles. The predicted octanol–water partition coefficient (Wildman–Crippen LogP) is 13.9. The molecule has 1 aliphatic rings. The van der Waals surface area contributed by atoms with Crippen LogP contribution in [-0.4, -0.2) is 0 Å². The summed E-state index contributed by atoms with van der Waals surface area (Å²) in [6, 6.07) is 94.0.